The highest BCUT2D eigenvalue weighted by atomic mass is 127. The van der Waals surface area contributed by atoms with Crippen LogP contribution in [0.5, 0.6) is 0 Å². The van der Waals surface area contributed by atoms with Crippen molar-refractivity contribution in [3.05, 3.63) is 35.9 Å². The average Bonchev–Trinajstić information content (AvgIpc) is 3.07. The van der Waals surface area contributed by atoms with Crippen molar-refractivity contribution in [2.24, 2.45) is 4.99 Å². The molecule has 1 aromatic rings. The van der Waals surface area contributed by atoms with Gasteiger partial charge in [-0.05, 0) is 24.8 Å². The number of aliphatic imine (C=N–C) groups is 1. The molecule has 0 bridgehead atoms. The Balaban J connectivity index is 0.00000338. The summed E-state index contributed by atoms with van der Waals surface area (Å²) in [6.45, 7) is 1.95. The highest BCUT2D eigenvalue weighted by Gasteiger charge is 2.35. The summed E-state index contributed by atoms with van der Waals surface area (Å²) < 4.78 is 24.6. The minimum atomic E-state index is -3.11. The van der Waals surface area contributed by atoms with Gasteiger partial charge in [-0.2, -0.15) is 0 Å². The zero-order valence-corrected chi connectivity index (χ0v) is 18.8. The lowest BCUT2D eigenvalue weighted by Gasteiger charge is -2.30. The highest BCUT2D eigenvalue weighted by molar-refractivity contribution is 14.0. The number of hydrogen-bond donors (Lipinski definition) is 3. The second-order valence-corrected chi connectivity index (χ2v) is 8.56. The first kappa shape index (κ1) is 23.2. The molecular formula is C18H31IN4O2S. The molecule has 1 fully saturated rings. The molecule has 1 aliphatic rings. The molecule has 6 nitrogen and oxygen atoms in total. The van der Waals surface area contributed by atoms with E-state index in [9.17, 15) is 8.42 Å². The molecule has 3 N–H and O–H groups in total. The van der Waals surface area contributed by atoms with Crippen molar-refractivity contribution in [2.45, 2.75) is 37.5 Å². The Morgan fingerprint density at radius 3 is 2.35 bits per heavy atom. The second-order valence-electron chi connectivity index (χ2n) is 6.73. The fourth-order valence-electron chi connectivity index (χ4n) is 3.44. The monoisotopic (exact) mass is 494 g/mol. The van der Waals surface area contributed by atoms with E-state index in [-0.39, 0.29) is 29.4 Å². The van der Waals surface area contributed by atoms with Crippen molar-refractivity contribution in [3.63, 3.8) is 0 Å². The standard InChI is InChI=1S/C18H30N4O2S.HI/c1-19-17(20-13-8-14-22-25(2,23)24)21-15-18(11-6-7-12-18)16-9-4-3-5-10-16;/h3-5,9-10,22H,6-8,11-15H2,1-2H3,(H2,19,20,21);1H. The van der Waals surface area contributed by atoms with Crippen LogP contribution in [0, 0.1) is 0 Å². The van der Waals surface area contributed by atoms with Gasteiger partial charge in [0.1, 0.15) is 0 Å². The normalized spacial score (nSPS) is 16.8. The van der Waals surface area contributed by atoms with Crippen LogP contribution < -0.4 is 15.4 Å². The molecule has 0 amide bonds. The fraction of sp³-hybridized carbons (Fsp3) is 0.611. The van der Waals surface area contributed by atoms with Crippen LogP contribution in [0.25, 0.3) is 0 Å². The van der Waals surface area contributed by atoms with Gasteiger partial charge in [0.2, 0.25) is 10.0 Å². The van der Waals surface area contributed by atoms with Gasteiger partial charge in [0.25, 0.3) is 0 Å². The minimum Gasteiger partial charge on any atom is -0.356 e. The van der Waals surface area contributed by atoms with E-state index in [1.807, 2.05) is 0 Å². The highest BCUT2D eigenvalue weighted by Crippen LogP contribution is 2.40. The SMILES string of the molecule is CN=C(NCCCNS(C)(=O)=O)NCC1(c2ccccc2)CCCC1.I. The summed E-state index contributed by atoms with van der Waals surface area (Å²) in [5, 5.41) is 6.71. The Morgan fingerprint density at radius 2 is 1.77 bits per heavy atom. The molecule has 0 aliphatic heterocycles. The molecule has 0 aromatic heterocycles. The molecule has 0 heterocycles. The number of nitrogens with one attached hydrogen (secondary N) is 3. The minimum absolute atomic E-state index is 0. The molecule has 8 heteroatoms. The first-order valence-corrected chi connectivity index (χ1v) is 10.8. The maximum absolute atomic E-state index is 11.0. The second kappa shape index (κ2) is 11.1. The van der Waals surface area contributed by atoms with Crippen LogP contribution >= 0.6 is 24.0 Å². The molecular weight excluding hydrogens is 463 g/mol. The number of rotatable bonds is 8. The van der Waals surface area contributed by atoms with Crippen LogP contribution in [0.2, 0.25) is 0 Å². The lowest BCUT2D eigenvalue weighted by atomic mass is 9.79. The van der Waals surface area contributed by atoms with E-state index in [1.165, 1.54) is 37.5 Å². The molecule has 1 aliphatic carbocycles. The largest absolute Gasteiger partial charge is 0.356 e. The summed E-state index contributed by atoms with van der Waals surface area (Å²) in [6.07, 6.45) is 6.79. The van der Waals surface area contributed by atoms with Gasteiger partial charge < -0.3 is 10.6 Å². The molecule has 0 spiro atoms. The van der Waals surface area contributed by atoms with Crippen molar-refractivity contribution in [1.82, 2.24) is 15.4 Å². The molecule has 0 saturated heterocycles. The first-order chi connectivity index (χ1) is 12.0. The van der Waals surface area contributed by atoms with Crippen molar-refractivity contribution >= 4 is 40.0 Å². The third-order valence-electron chi connectivity index (χ3n) is 4.77. The van der Waals surface area contributed by atoms with Crippen LogP contribution in [0.1, 0.15) is 37.7 Å². The lowest BCUT2D eigenvalue weighted by molar-refractivity contribution is 0.431. The summed E-state index contributed by atoms with van der Waals surface area (Å²) in [5.41, 5.74) is 1.57. The van der Waals surface area contributed by atoms with Crippen molar-refractivity contribution in [2.75, 3.05) is 32.9 Å². The van der Waals surface area contributed by atoms with Gasteiger partial charge in [-0.15, -0.1) is 24.0 Å². The topological polar surface area (TPSA) is 82.6 Å². The maximum atomic E-state index is 11.0. The number of benzene rings is 1. The third kappa shape index (κ3) is 7.40. The zero-order chi connectivity index (χ0) is 18.2. The number of guanidine groups is 1. The summed E-state index contributed by atoms with van der Waals surface area (Å²) in [6, 6.07) is 10.7. The molecule has 1 saturated carbocycles. The number of nitrogens with zero attached hydrogens (tertiary/aromatic N) is 1. The van der Waals surface area contributed by atoms with Gasteiger partial charge in [-0.3, -0.25) is 4.99 Å². The predicted molar refractivity (Wildman–Crippen MR) is 119 cm³/mol. The lowest BCUT2D eigenvalue weighted by Crippen LogP contribution is -2.45. The first-order valence-electron chi connectivity index (χ1n) is 8.90. The fourth-order valence-corrected chi connectivity index (χ4v) is 3.95. The van der Waals surface area contributed by atoms with E-state index in [2.05, 4.69) is 50.7 Å². The molecule has 0 unspecified atom stereocenters. The summed E-state index contributed by atoms with van der Waals surface area (Å²) in [4.78, 5) is 4.28. The average molecular weight is 494 g/mol. The Hall–Kier alpha value is -0.870. The van der Waals surface area contributed by atoms with Crippen LogP contribution in [0.3, 0.4) is 0 Å². The van der Waals surface area contributed by atoms with Gasteiger partial charge in [0.15, 0.2) is 5.96 Å². The van der Waals surface area contributed by atoms with Gasteiger partial charge >= 0.3 is 0 Å². The molecule has 0 atom stereocenters. The van der Waals surface area contributed by atoms with Crippen molar-refractivity contribution < 1.29 is 8.42 Å². The van der Waals surface area contributed by atoms with Crippen molar-refractivity contribution in [3.8, 4) is 0 Å². The van der Waals surface area contributed by atoms with Crippen LogP contribution in [-0.2, 0) is 15.4 Å². The van der Waals surface area contributed by atoms with E-state index in [0.29, 0.717) is 19.5 Å². The van der Waals surface area contributed by atoms with E-state index in [0.717, 1.165) is 12.5 Å². The number of halogens is 1. The van der Waals surface area contributed by atoms with E-state index in [1.54, 1.807) is 7.05 Å². The summed E-state index contributed by atoms with van der Waals surface area (Å²) >= 11 is 0. The van der Waals surface area contributed by atoms with Crippen LogP contribution in [-0.4, -0.2) is 47.3 Å². The zero-order valence-electron chi connectivity index (χ0n) is 15.6. The van der Waals surface area contributed by atoms with Gasteiger partial charge in [-0.25, -0.2) is 13.1 Å². The van der Waals surface area contributed by atoms with Gasteiger partial charge in [-0.1, -0.05) is 43.2 Å². The van der Waals surface area contributed by atoms with Gasteiger partial charge in [0.05, 0.1) is 6.26 Å². The summed E-state index contributed by atoms with van der Waals surface area (Å²) in [7, 11) is -1.36. The maximum Gasteiger partial charge on any atom is 0.208 e. The molecule has 26 heavy (non-hydrogen) atoms. The Morgan fingerprint density at radius 1 is 1.12 bits per heavy atom. The van der Waals surface area contributed by atoms with Crippen LogP contribution in [0.4, 0.5) is 0 Å². The van der Waals surface area contributed by atoms with Gasteiger partial charge in [0, 0.05) is 32.1 Å². The molecule has 1 aromatic carbocycles. The number of sulfonamides is 1. The smallest absolute Gasteiger partial charge is 0.208 e. The molecule has 148 valence electrons. The molecule has 0 radical (unpaired) electrons. The van der Waals surface area contributed by atoms with E-state index in [4.69, 9.17) is 0 Å². The number of hydrogen-bond acceptors (Lipinski definition) is 3. The summed E-state index contributed by atoms with van der Waals surface area (Å²) in [5.74, 6) is 0.765. The Bertz CT molecular complexity index is 659. The predicted octanol–water partition coefficient (Wildman–Crippen LogP) is 2.22. The Kier molecular flexibility index (Phi) is 9.88. The quantitative estimate of drug-likeness (QED) is 0.224. The van der Waals surface area contributed by atoms with Crippen LogP contribution in [0.15, 0.2) is 35.3 Å². The van der Waals surface area contributed by atoms with Crippen molar-refractivity contribution in [1.29, 1.82) is 0 Å². The molecule has 2 rings (SSSR count). The Labute approximate surface area is 174 Å². The van der Waals surface area contributed by atoms with E-state index >= 15 is 0 Å². The third-order valence-corrected chi connectivity index (χ3v) is 5.50. The van der Waals surface area contributed by atoms with E-state index < -0.39 is 10.0 Å².